The normalized spacial score (nSPS) is 12.9. The van der Waals surface area contributed by atoms with E-state index in [9.17, 15) is 9.59 Å². The largest absolute Gasteiger partial charge is 0.365 e. The van der Waals surface area contributed by atoms with Crippen molar-refractivity contribution in [2.45, 2.75) is 32.4 Å². The number of benzene rings is 1. The number of carbonyl (C=O) groups excluding carboxylic acids is 2. The van der Waals surface area contributed by atoms with E-state index in [0.29, 0.717) is 23.7 Å². The number of amides is 2. The van der Waals surface area contributed by atoms with Crippen LogP contribution in [-0.2, 0) is 30.7 Å². The number of carbonyl (C=O) groups is 2. The smallest absolute Gasteiger partial charge is 0.251 e. The molecule has 0 spiro atoms. The summed E-state index contributed by atoms with van der Waals surface area (Å²) in [6.45, 7) is 1.53. The van der Waals surface area contributed by atoms with Crippen molar-refractivity contribution >= 4 is 28.2 Å². The molecule has 1 aliphatic carbocycles. The molecule has 0 aliphatic heterocycles. The summed E-state index contributed by atoms with van der Waals surface area (Å²) < 4.78 is 1.89. The van der Waals surface area contributed by atoms with Gasteiger partial charge < -0.3 is 11.1 Å². The second-order valence-corrected chi connectivity index (χ2v) is 8.78. The number of likely N-dealkylation sites (N-methyl/N-ethyl adjacent to an activating group) is 1. The van der Waals surface area contributed by atoms with Crippen LogP contribution >= 0.6 is 11.3 Å². The lowest BCUT2D eigenvalue weighted by Crippen LogP contribution is -2.30. The summed E-state index contributed by atoms with van der Waals surface area (Å²) in [6, 6.07) is 10.2. The maximum Gasteiger partial charge on any atom is 0.251 e. The number of rotatable bonds is 8. The van der Waals surface area contributed by atoms with Crippen LogP contribution in [0.5, 0.6) is 0 Å². The fourth-order valence-electron chi connectivity index (χ4n) is 3.88. The number of aromatic nitrogens is 2. The summed E-state index contributed by atoms with van der Waals surface area (Å²) in [6.07, 6.45) is 6.66. The van der Waals surface area contributed by atoms with Gasteiger partial charge in [0.05, 0.1) is 24.8 Å². The highest BCUT2D eigenvalue weighted by Crippen LogP contribution is 2.38. The zero-order valence-corrected chi connectivity index (χ0v) is 17.7. The van der Waals surface area contributed by atoms with Gasteiger partial charge in [0.15, 0.2) is 0 Å². The monoisotopic (exact) mass is 423 g/mol. The molecule has 0 saturated heterocycles. The molecule has 2 heterocycles. The van der Waals surface area contributed by atoms with Crippen molar-refractivity contribution in [3.63, 3.8) is 0 Å². The molecule has 2 amide bonds. The van der Waals surface area contributed by atoms with Crippen LogP contribution in [-0.4, -0.2) is 40.1 Å². The molecule has 0 radical (unpaired) electrons. The van der Waals surface area contributed by atoms with Gasteiger partial charge in [-0.15, -0.1) is 11.3 Å². The number of thiophene rings is 1. The fourth-order valence-corrected chi connectivity index (χ4v) is 5.19. The van der Waals surface area contributed by atoms with Crippen molar-refractivity contribution in [2.24, 2.45) is 5.73 Å². The van der Waals surface area contributed by atoms with Gasteiger partial charge in [-0.2, -0.15) is 5.10 Å². The third-order valence-corrected chi connectivity index (χ3v) is 6.37. The number of hydrogen-bond donors (Lipinski definition) is 2. The van der Waals surface area contributed by atoms with E-state index in [2.05, 4.69) is 22.5 Å². The van der Waals surface area contributed by atoms with Crippen molar-refractivity contribution in [1.29, 1.82) is 0 Å². The molecule has 4 rings (SSSR count). The predicted molar refractivity (Wildman–Crippen MR) is 118 cm³/mol. The lowest BCUT2D eigenvalue weighted by atomic mass is 10.1. The van der Waals surface area contributed by atoms with Gasteiger partial charge in [0.1, 0.15) is 5.00 Å². The predicted octanol–water partition coefficient (Wildman–Crippen LogP) is 2.65. The Morgan fingerprint density at radius 3 is 2.80 bits per heavy atom. The summed E-state index contributed by atoms with van der Waals surface area (Å²) in [5, 5.41) is 7.89. The number of nitrogens with one attached hydrogen (secondary N) is 1. The Morgan fingerprint density at radius 2 is 2.03 bits per heavy atom. The average molecular weight is 424 g/mol. The molecule has 0 atom stereocenters. The van der Waals surface area contributed by atoms with Crippen molar-refractivity contribution in [1.82, 2.24) is 14.7 Å². The molecule has 8 heteroatoms. The summed E-state index contributed by atoms with van der Waals surface area (Å²) >= 11 is 1.48. The molecule has 0 saturated carbocycles. The van der Waals surface area contributed by atoms with E-state index in [1.807, 2.05) is 47.2 Å². The summed E-state index contributed by atoms with van der Waals surface area (Å²) in [4.78, 5) is 27.5. The topological polar surface area (TPSA) is 93.2 Å². The van der Waals surface area contributed by atoms with E-state index in [1.165, 1.54) is 21.8 Å². The van der Waals surface area contributed by atoms with E-state index in [-0.39, 0.29) is 12.5 Å². The van der Waals surface area contributed by atoms with E-state index in [0.717, 1.165) is 30.4 Å². The van der Waals surface area contributed by atoms with Crippen molar-refractivity contribution in [2.75, 3.05) is 18.9 Å². The number of aryl methyl sites for hydroxylation is 1. The number of nitrogens with zero attached hydrogens (tertiary/aromatic N) is 3. The minimum atomic E-state index is -0.469. The first kappa shape index (κ1) is 20.3. The van der Waals surface area contributed by atoms with Crippen molar-refractivity contribution in [3.05, 3.63) is 69.9 Å². The van der Waals surface area contributed by atoms with Gasteiger partial charge in [-0.1, -0.05) is 30.3 Å². The van der Waals surface area contributed by atoms with Crippen LogP contribution in [0.4, 0.5) is 5.00 Å². The molecule has 7 nitrogen and oxygen atoms in total. The van der Waals surface area contributed by atoms with Gasteiger partial charge in [-0.05, 0) is 37.4 Å². The van der Waals surface area contributed by atoms with Crippen LogP contribution < -0.4 is 11.1 Å². The summed E-state index contributed by atoms with van der Waals surface area (Å²) in [5.74, 6) is -0.625. The number of nitrogens with two attached hydrogens (primary N) is 1. The molecular weight excluding hydrogens is 398 g/mol. The van der Waals surface area contributed by atoms with Gasteiger partial charge in [0.2, 0.25) is 5.91 Å². The SMILES string of the molecule is CN(CC(=O)Nc1sc2c(c1C(N)=O)CCC2)Cc1cnn(Cc2ccccc2)c1. The standard InChI is InChI=1S/C22H25N5O2S/c1-26(11-16-10-24-27(13-16)12-15-6-3-2-4-7-15)14-19(28)25-22-20(21(23)29)17-8-5-9-18(17)30-22/h2-4,6-7,10,13H,5,8-9,11-12,14H2,1H3,(H2,23,29)(H,25,28). The maximum atomic E-state index is 12.5. The Kier molecular flexibility index (Phi) is 5.96. The number of hydrogen-bond acceptors (Lipinski definition) is 5. The van der Waals surface area contributed by atoms with Crippen LogP contribution in [0.3, 0.4) is 0 Å². The highest BCUT2D eigenvalue weighted by Gasteiger charge is 2.26. The highest BCUT2D eigenvalue weighted by molar-refractivity contribution is 7.17. The fraction of sp³-hybridized carbons (Fsp3) is 0.318. The first-order valence-corrected chi connectivity index (χ1v) is 10.8. The molecule has 3 aromatic rings. The van der Waals surface area contributed by atoms with Crippen LogP contribution in [0.1, 0.15) is 38.3 Å². The van der Waals surface area contributed by atoms with Crippen LogP contribution in [0.15, 0.2) is 42.7 Å². The van der Waals surface area contributed by atoms with Gasteiger partial charge in [0, 0.05) is 23.2 Å². The molecule has 0 bridgehead atoms. The first-order chi connectivity index (χ1) is 14.5. The molecule has 3 N–H and O–H groups in total. The van der Waals surface area contributed by atoms with Crippen LogP contribution in [0.2, 0.25) is 0 Å². The maximum absolute atomic E-state index is 12.5. The van der Waals surface area contributed by atoms with Crippen LogP contribution in [0.25, 0.3) is 0 Å². The van der Waals surface area contributed by atoms with Crippen LogP contribution in [0, 0.1) is 0 Å². The number of primary amides is 1. The Balaban J connectivity index is 1.33. The summed E-state index contributed by atoms with van der Waals surface area (Å²) in [7, 11) is 1.89. The minimum Gasteiger partial charge on any atom is -0.365 e. The molecule has 156 valence electrons. The molecule has 30 heavy (non-hydrogen) atoms. The van der Waals surface area contributed by atoms with Gasteiger partial charge >= 0.3 is 0 Å². The molecule has 2 aromatic heterocycles. The quantitative estimate of drug-likeness (QED) is 0.583. The van der Waals surface area contributed by atoms with Gasteiger partial charge in [0.25, 0.3) is 5.91 Å². The summed E-state index contributed by atoms with van der Waals surface area (Å²) in [5.41, 5.74) is 9.30. The molecule has 1 aliphatic rings. The third kappa shape index (κ3) is 4.60. The van der Waals surface area contributed by atoms with E-state index < -0.39 is 5.91 Å². The number of fused-ring (bicyclic) bond motifs is 1. The Bertz CT molecular complexity index is 1060. The molecule has 1 aromatic carbocycles. The molecule has 0 fully saturated rings. The average Bonchev–Trinajstić information content (AvgIpc) is 3.38. The zero-order valence-electron chi connectivity index (χ0n) is 16.9. The lowest BCUT2D eigenvalue weighted by molar-refractivity contribution is -0.117. The Hall–Kier alpha value is -2.97. The second-order valence-electron chi connectivity index (χ2n) is 7.68. The zero-order chi connectivity index (χ0) is 21.1. The highest BCUT2D eigenvalue weighted by atomic mass is 32.1. The van der Waals surface area contributed by atoms with Gasteiger partial charge in [-0.3, -0.25) is 19.2 Å². The van der Waals surface area contributed by atoms with Gasteiger partial charge in [-0.25, -0.2) is 0 Å². The molecular formula is C22H25N5O2S. The Morgan fingerprint density at radius 1 is 1.23 bits per heavy atom. The minimum absolute atomic E-state index is 0.156. The molecule has 0 unspecified atom stereocenters. The second kappa shape index (κ2) is 8.81. The number of anilines is 1. The lowest BCUT2D eigenvalue weighted by Gasteiger charge is -2.15. The third-order valence-electron chi connectivity index (χ3n) is 5.16. The van der Waals surface area contributed by atoms with Crippen molar-refractivity contribution in [3.8, 4) is 0 Å². The first-order valence-electron chi connectivity index (χ1n) is 9.97. The van der Waals surface area contributed by atoms with E-state index in [1.54, 1.807) is 0 Å². The van der Waals surface area contributed by atoms with E-state index >= 15 is 0 Å². The van der Waals surface area contributed by atoms with Crippen molar-refractivity contribution < 1.29 is 9.59 Å². The van der Waals surface area contributed by atoms with E-state index in [4.69, 9.17) is 5.73 Å². The Labute approximate surface area is 179 Å².